The summed E-state index contributed by atoms with van der Waals surface area (Å²) >= 11 is 13.3. The lowest BCUT2D eigenvalue weighted by molar-refractivity contribution is -0.346. The van der Waals surface area contributed by atoms with E-state index in [-0.39, 0.29) is 47.1 Å². The molecule has 0 spiro atoms. The molecule has 19 heteroatoms. The van der Waals surface area contributed by atoms with E-state index in [9.17, 15) is 29.1 Å². The summed E-state index contributed by atoms with van der Waals surface area (Å²) in [7, 11) is 0. The molecule has 1 amide bonds. The molecule has 5 aliphatic rings. The highest BCUT2D eigenvalue weighted by molar-refractivity contribution is 6.22. The normalized spacial score (nSPS) is 31.7. The maximum atomic E-state index is 16.3. The number of ketones is 1. The number of rotatable bonds is 11. The Hall–Kier alpha value is -5.85. The van der Waals surface area contributed by atoms with Crippen molar-refractivity contribution in [1.29, 1.82) is 0 Å². The van der Waals surface area contributed by atoms with Crippen LogP contribution in [0, 0.1) is 16.7 Å². The van der Waals surface area contributed by atoms with Crippen LogP contribution in [0.2, 0.25) is 0 Å². The molecule has 3 aromatic carbocycles. The first-order valence-corrected chi connectivity index (χ1v) is 25.4. The number of ether oxygens (including phenoxy) is 8. The van der Waals surface area contributed by atoms with E-state index in [4.69, 9.17) is 61.1 Å². The zero-order chi connectivity index (χ0) is 53.9. The fourth-order valence-electron chi connectivity index (χ4n) is 11.9. The molecule has 2 saturated carbocycles. The second kappa shape index (κ2) is 20.0. The number of alkyl halides is 2. The Morgan fingerprint density at radius 2 is 1.38 bits per heavy atom. The fourth-order valence-corrected chi connectivity index (χ4v) is 12.6. The van der Waals surface area contributed by atoms with Gasteiger partial charge in [0.2, 0.25) is 0 Å². The van der Waals surface area contributed by atoms with E-state index in [0.717, 1.165) is 13.8 Å². The molecular weight excluding hydrogens is 1000 g/mol. The Kier molecular flexibility index (Phi) is 14.7. The quantitative estimate of drug-likeness (QED) is 0.0846. The number of aliphatic hydroxyl groups is 1. The lowest BCUT2D eigenvalue weighted by Crippen LogP contribution is -2.82. The van der Waals surface area contributed by atoms with Crippen molar-refractivity contribution in [1.82, 2.24) is 4.90 Å². The van der Waals surface area contributed by atoms with Crippen LogP contribution in [-0.2, 0) is 57.1 Å². The maximum absolute atomic E-state index is 16.3. The molecule has 396 valence electrons. The number of Topliss-reactive ketones (excluding diaryl/α,β-unsaturated/α-hetero) is 1. The van der Waals surface area contributed by atoms with Crippen molar-refractivity contribution < 1.29 is 76.6 Å². The minimum Gasteiger partial charge on any atom is -0.456 e. The Morgan fingerprint density at radius 1 is 0.797 bits per heavy atom. The molecule has 2 bridgehead atoms. The standard InChI is InChI=1S/C55H61Cl2NO16/c1-30-36(69-48(64)42-40(33-19-13-10-14-20-33)58(53(27-56,28-57)73-42)46(62)34-21-15-11-16-22-34)26-55(66)45(71-47(63)35-23-17-12-18-24-35)43-52(9,44(61)41(68-31(2)59)39(30)51(55,7)8)37(70-49(65)74-50(4,5)6)25-38-54(43,29-67-38)72-32(3)60/h10-24,36-38,40-43,45,66H,25-29H2,1-9H3/t36-,37-,38+,40-,41+,42+,43-,45-,52+,54-,55+/m0/s1. The molecule has 11 atom stereocenters. The first-order chi connectivity index (χ1) is 34.8. The number of hydrogen-bond acceptors (Lipinski definition) is 16. The Balaban J connectivity index is 1.34. The number of esters is 4. The molecule has 17 nitrogen and oxygen atoms in total. The first-order valence-electron chi connectivity index (χ1n) is 24.4. The van der Waals surface area contributed by atoms with Gasteiger partial charge in [-0.25, -0.2) is 14.4 Å². The minimum absolute atomic E-state index is 0.0297. The molecule has 0 radical (unpaired) electrons. The molecule has 3 aromatic rings. The lowest BCUT2D eigenvalue weighted by atomic mass is 9.44. The van der Waals surface area contributed by atoms with Gasteiger partial charge in [0, 0.05) is 37.7 Å². The molecule has 2 aliphatic heterocycles. The van der Waals surface area contributed by atoms with Crippen LogP contribution in [0.4, 0.5) is 4.79 Å². The van der Waals surface area contributed by atoms with Crippen LogP contribution in [-0.4, -0.2) is 129 Å². The molecule has 3 aliphatic carbocycles. The largest absolute Gasteiger partial charge is 0.509 e. The van der Waals surface area contributed by atoms with Crippen molar-refractivity contribution in [3.05, 3.63) is 119 Å². The van der Waals surface area contributed by atoms with Gasteiger partial charge in [-0.15, -0.1) is 23.2 Å². The van der Waals surface area contributed by atoms with Crippen LogP contribution >= 0.6 is 23.2 Å². The predicted molar refractivity (Wildman–Crippen MR) is 265 cm³/mol. The zero-order valence-corrected chi connectivity index (χ0v) is 44.1. The van der Waals surface area contributed by atoms with E-state index in [2.05, 4.69) is 0 Å². The summed E-state index contributed by atoms with van der Waals surface area (Å²) < 4.78 is 49.7. The summed E-state index contributed by atoms with van der Waals surface area (Å²) in [6, 6.07) is 23.5. The van der Waals surface area contributed by atoms with Crippen LogP contribution < -0.4 is 0 Å². The first kappa shape index (κ1) is 54.4. The summed E-state index contributed by atoms with van der Waals surface area (Å²) in [5.41, 5.74) is -10.2. The number of carbonyl (C=O) groups excluding carboxylic acids is 7. The number of fused-ring (bicyclic) bond motifs is 5. The highest BCUT2D eigenvalue weighted by Gasteiger charge is 2.79. The predicted octanol–water partition coefficient (Wildman–Crippen LogP) is 7.62. The second-order valence-electron chi connectivity index (χ2n) is 21.4. The van der Waals surface area contributed by atoms with Gasteiger partial charge in [-0.3, -0.25) is 24.1 Å². The van der Waals surface area contributed by atoms with Crippen molar-refractivity contribution >= 4 is 64.9 Å². The van der Waals surface area contributed by atoms with E-state index in [1.165, 1.54) is 24.0 Å². The van der Waals surface area contributed by atoms with Crippen LogP contribution in [0.1, 0.15) is 107 Å². The van der Waals surface area contributed by atoms with Gasteiger partial charge in [0.1, 0.15) is 35.6 Å². The van der Waals surface area contributed by atoms with Crippen molar-refractivity contribution in [2.24, 2.45) is 16.7 Å². The van der Waals surface area contributed by atoms with Crippen molar-refractivity contribution in [2.45, 2.75) is 140 Å². The summed E-state index contributed by atoms with van der Waals surface area (Å²) in [5, 5.41) is 14.2. The highest BCUT2D eigenvalue weighted by Crippen LogP contribution is 2.65. The smallest absolute Gasteiger partial charge is 0.456 e. The second-order valence-corrected chi connectivity index (χ2v) is 21.9. The molecule has 2 saturated heterocycles. The summed E-state index contributed by atoms with van der Waals surface area (Å²) in [4.78, 5) is 103. The Bertz CT molecular complexity index is 2730. The Morgan fingerprint density at radius 3 is 1.91 bits per heavy atom. The third-order valence-electron chi connectivity index (χ3n) is 15.4. The van der Waals surface area contributed by atoms with Gasteiger partial charge >= 0.3 is 30.0 Å². The lowest BCUT2D eigenvalue weighted by Gasteiger charge is -2.67. The summed E-state index contributed by atoms with van der Waals surface area (Å²) in [6.07, 6.45) is -11.7. The van der Waals surface area contributed by atoms with Crippen molar-refractivity contribution in [3.63, 3.8) is 0 Å². The molecule has 4 fully saturated rings. The fraction of sp³-hybridized carbons (Fsp3) is 0.509. The number of hydrogen-bond donors (Lipinski definition) is 1. The third kappa shape index (κ3) is 9.15. The average molecular weight is 1060 g/mol. The van der Waals surface area contributed by atoms with Crippen LogP contribution in [0.5, 0.6) is 0 Å². The monoisotopic (exact) mass is 1060 g/mol. The summed E-state index contributed by atoms with van der Waals surface area (Å²) in [5.74, 6) is -7.63. The van der Waals surface area contributed by atoms with Crippen molar-refractivity contribution in [3.8, 4) is 0 Å². The SMILES string of the molecule is CC(=O)O[C@H]1C(=O)[C@]2(C)[C@@H](OC(=O)OC(C)(C)C)C[C@H]3OC[C@@]3(OC(C)=O)[C@H]2[C@H](OC(=O)c2ccccc2)[C@]2(O)C[C@H](OC(=O)[C@@H]3OC(CCl)(CCl)N(C(=O)c4ccccc4)[C@H]3c3ccccc3)C(C)=C1C2(C)C. The van der Waals surface area contributed by atoms with Crippen LogP contribution in [0.3, 0.4) is 0 Å². The van der Waals surface area contributed by atoms with E-state index in [0.29, 0.717) is 5.56 Å². The number of benzene rings is 3. The average Bonchev–Trinajstić information content (AvgIpc) is 3.70. The molecule has 0 aromatic heterocycles. The van der Waals surface area contributed by atoms with Gasteiger partial charge in [0.25, 0.3) is 5.91 Å². The van der Waals surface area contributed by atoms with Gasteiger partial charge in [-0.2, -0.15) is 0 Å². The third-order valence-corrected chi connectivity index (χ3v) is 16.3. The van der Waals surface area contributed by atoms with Crippen molar-refractivity contribution in [2.75, 3.05) is 18.4 Å². The van der Waals surface area contributed by atoms with Crippen LogP contribution in [0.15, 0.2) is 102 Å². The van der Waals surface area contributed by atoms with Gasteiger partial charge in [0.05, 0.1) is 41.3 Å². The Labute approximate surface area is 439 Å². The maximum Gasteiger partial charge on any atom is 0.509 e. The summed E-state index contributed by atoms with van der Waals surface area (Å²) in [6.45, 7) is 12.8. The van der Waals surface area contributed by atoms with Gasteiger partial charge in [0.15, 0.2) is 29.3 Å². The van der Waals surface area contributed by atoms with E-state index in [1.807, 2.05) is 0 Å². The number of halogens is 2. The molecule has 0 unspecified atom stereocenters. The molecule has 1 N–H and O–H groups in total. The molecule has 2 heterocycles. The minimum atomic E-state index is -2.48. The number of amides is 1. The van der Waals surface area contributed by atoms with Crippen LogP contribution in [0.25, 0.3) is 0 Å². The highest BCUT2D eigenvalue weighted by atomic mass is 35.5. The zero-order valence-electron chi connectivity index (χ0n) is 42.6. The molecular formula is C55H61Cl2NO16. The topological polar surface area (TPSA) is 217 Å². The molecule has 8 rings (SSSR count). The number of carbonyl (C=O) groups is 7. The molecule has 74 heavy (non-hydrogen) atoms. The van der Waals surface area contributed by atoms with E-state index in [1.54, 1.807) is 120 Å². The number of nitrogens with zero attached hydrogens (tertiary/aromatic N) is 1. The van der Waals surface area contributed by atoms with E-state index >= 15 is 9.59 Å². The van der Waals surface area contributed by atoms with Gasteiger partial charge < -0.3 is 43.0 Å². The van der Waals surface area contributed by atoms with Gasteiger partial charge in [-0.1, -0.05) is 80.6 Å². The van der Waals surface area contributed by atoms with E-state index < -0.39 is 130 Å². The van der Waals surface area contributed by atoms with Gasteiger partial charge in [-0.05, 0) is 75.6 Å².